The van der Waals surface area contributed by atoms with Crippen LogP contribution in [-0.2, 0) is 54.4 Å². The highest BCUT2D eigenvalue weighted by atomic mass is 16.4. The first-order valence-electron chi connectivity index (χ1n) is 24.7. The van der Waals surface area contributed by atoms with Gasteiger partial charge < -0.3 is 84.4 Å². The van der Waals surface area contributed by atoms with Crippen molar-refractivity contribution in [1.29, 1.82) is 0 Å². The van der Waals surface area contributed by atoms with Crippen molar-refractivity contribution in [3.63, 3.8) is 0 Å². The predicted octanol–water partition coefficient (Wildman–Crippen LogP) is -3.37. The topological polar surface area (TPSA) is 425 Å². The Labute approximate surface area is 428 Å². The van der Waals surface area contributed by atoms with E-state index >= 15 is 0 Å². The quantitative estimate of drug-likeness (QED) is 0.0157. The number of H-pyrrole nitrogens is 1. The van der Waals surface area contributed by atoms with E-state index in [4.69, 9.17) is 17.2 Å². The van der Waals surface area contributed by atoms with Gasteiger partial charge in [0.2, 0.25) is 47.3 Å². The van der Waals surface area contributed by atoms with Crippen molar-refractivity contribution in [3.05, 3.63) is 36.0 Å². The van der Waals surface area contributed by atoms with Gasteiger partial charge in [-0.25, -0.2) is 0 Å². The minimum absolute atomic E-state index is 0.0130. The van der Waals surface area contributed by atoms with Crippen LogP contribution in [0.2, 0.25) is 0 Å². The van der Waals surface area contributed by atoms with Crippen molar-refractivity contribution in [1.82, 2.24) is 47.1 Å². The van der Waals surface area contributed by atoms with E-state index in [0.29, 0.717) is 19.1 Å². The summed E-state index contributed by atoms with van der Waals surface area (Å²) in [6.07, 6.45) is 0.758. The largest absolute Gasteiger partial charge is 0.481 e. The van der Waals surface area contributed by atoms with Crippen LogP contribution in [0.5, 0.6) is 0 Å². The van der Waals surface area contributed by atoms with Crippen molar-refractivity contribution in [2.45, 2.75) is 153 Å². The number of guanidine groups is 1. The highest BCUT2D eigenvalue weighted by Gasteiger charge is 2.40. The maximum atomic E-state index is 14.0. The Kier molecular flexibility index (Phi) is 24.4. The number of carboxylic acids is 1. The van der Waals surface area contributed by atoms with Crippen LogP contribution in [0.3, 0.4) is 0 Å². The van der Waals surface area contributed by atoms with Crippen LogP contribution < -0.4 is 54.4 Å². The number of aliphatic hydroxyl groups excluding tert-OH is 2. The summed E-state index contributed by atoms with van der Waals surface area (Å²) in [6.45, 7) is 8.75. The molecule has 1 aliphatic rings. The number of likely N-dealkylation sites (tertiary alicyclic amines) is 1. The first kappa shape index (κ1) is 61.1. The second-order valence-electron chi connectivity index (χ2n) is 19.0. The van der Waals surface area contributed by atoms with Crippen LogP contribution >= 0.6 is 0 Å². The molecule has 1 aromatic carbocycles. The number of rotatable bonds is 30. The monoisotopic (exact) mass is 1040 g/mol. The molecular formula is C48H75N13O13. The zero-order valence-corrected chi connectivity index (χ0v) is 42.7. The van der Waals surface area contributed by atoms with Gasteiger partial charge in [-0.1, -0.05) is 52.3 Å². The number of carboxylic acid groups (broad SMARTS) is 1. The van der Waals surface area contributed by atoms with E-state index in [2.05, 4.69) is 47.2 Å². The SMILES string of the molecule is CC[C@H](C)[C@H](N)C(=O)N[C@@H](CO)C(=O)N1CCC[C@H]1C(=O)N[C@@H](CCCN=C(N)N)C(=O)N[C@H](C(=O)N[C@@H](CC(C)C)C(=O)N[C@@H](CC(=O)O)C(=O)N[C@@H](C)C(=O)N[C@H](C=O)Cc1c[nH]c2ccccc12)[C@@H](C)O. The van der Waals surface area contributed by atoms with Crippen molar-refractivity contribution in [3.8, 4) is 0 Å². The molecule has 0 radical (unpaired) electrons. The van der Waals surface area contributed by atoms with Crippen LogP contribution in [-0.4, -0.2) is 171 Å². The van der Waals surface area contributed by atoms with E-state index in [9.17, 15) is 63.3 Å². The summed E-state index contributed by atoms with van der Waals surface area (Å²) < 4.78 is 0. The average molecular weight is 1040 g/mol. The lowest BCUT2D eigenvalue weighted by Gasteiger charge is -2.30. The van der Waals surface area contributed by atoms with Gasteiger partial charge in [0.05, 0.1) is 31.2 Å². The van der Waals surface area contributed by atoms with Crippen molar-refractivity contribution < 1.29 is 63.3 Å². The third kappa shape index (κ3) is 18.4. The molecule has 26 nitrogen and oxygen atoms in total. The molecule has 8 amide bonds. The molecule has 11 atom stereocenters. The number of carbonyl (C=O) groups is 10. The van der Waals surface area contributed by atoms with Crippen LogP contribution in [0, 0.1) is 11.8 Å². The van der Waals surface area contributed by atoms with E-state index in [1.807, 2.05) is 31.2 Å². The van der Waals surface area contributed by atoms with Gasteiger partial charge in [-0.3, -0.25) is 48.1 Å². The molecule has 0 aliphatic carbocycles. The van der Waals surface area contributed by atoms with E-state index in [1.54, 1.807) is 27.0 Å². The third-order valence-electron chi connectivity index (χ3n) is 12.5. The first-order chi connectivity index (χ1) is 34.9. The molecule has 1 fully saturated rings. The number of aromatic amines is 1. The number of aliphatic hydroxyl groups is 2. The van der Waals surface area contributed by atoms with Gasteiger partial charge in [-0.2, -0.15) is 0 Å². The normalized spacial score (nSPS) is 17.4. The van der Waals surface area contributed by atoms with Gasteiger partial charge in [-0.05, 0) is 69.4 Å². The van der Waals surface area contributed by atoms with Gasteiger partial charge >= 0.3 is 5.97 Å². The number of benzene rings is 1. The smallest absolute Gasteiger partial charge is 0.305 e. The number of aromatic nitrogens is 1. The molecule has 2 heterocycles. The minimum Gasteiger partial charge on any atom is -0.481 e. The molecule has 0 bridgehead atoms. The fourth-order valence-electron chi connectivity index (χ4n) is 8.15. The van der Waals surface area contributed by atoms with E-state index in [1.165, 1.54) is 18.7 Å². The van der Waals surface area contributed by atoms with Crippen LogP contribution in [0.15, 0.2) is 35.5 Å². The van der Waals surface area contributed by atoms with E-state index in [-0.39, 0.29) is 63.0 Å². The van der Waals surface area contributed by atoms with Gasteiger partial charge in [-0.15, -0.1) is 0 Å². The van der Waals surface area contributed by atoms with Crippen LogP contribution in [0.1, 0.15) is 92.1 Å². The highest BCUT2D eigenvalue weighted by Crippen LogP contribution is 2.21. The fraction of sp³-hybridized carbons (Fsp3) is 0.604. The maximum Gasteiger partial charge on any atom is 0.305 e. The van der Waals surface area contributed by atoms with E-state index < -0.39 is 127 Å². The number of fused-ring (bicyclic) bond motifs is 1. The second-order valence-corrected chi connectivity index (χ2v) is 19.0. The maximum absolute atomic E-state index is 14.0. The Bertz CT molecular complexity index is 2320. The number of hydrogen-bond donors (Lipinski definition) is 14. The fourth-order valence-corrected chi connectivity index (χ4v) is 8.15. The molecule has 410 valence electrons. The number of aliphatic imine (C=N–C) groups is 1. The molecule has 74 heavy (non-hydrogen) atoms. The summed E-state index contributed by atoms with van der Waals surface area (Å²) in [5.41, 5.74) is 18.5. The molecule has 1 aromatic heterocycles. The van der Waals surface area contributed by atoms with Crippen LogP contribution in [0.4, 0.5) is 0 Å². The molecule has 0 unspecified atom stereocenters. The number of aliphatic carboxylic acids is 1. The van der Waals surface area contributed by atoms with E-state index in [0.717, 1.165) is 16.5 Å². The Morgan fingerprint density at radius 2 is 1.46 bits per heavy atom. The Hall–Kier alpha value is -7.19. The molecule has 0 saturated carbocycles. The predicted molar refractivity (Wildman–Crippen MR) is 270 cm³/mol. The molecule has 1 aliphatic heterocycles. The number of nitrogens with two attached hydrogens (primary N) is 3. The number of nitrogens with zero attached hydrogens (tertiary/aromatic N) is 2. The molecule has 1 saturated heterocycles. The molecule has 0 spiro atoms. The summed E-state index contributed by atoms with van der Waals surface area (Å²) >= 11 is 0. The Morgan fingerprint density at radius 1 is 0.824 bits per heavy atom. The summed E-state index contributed by atoms with van der Waals surface area (Å²) in [5, 5.41) is 48.6. The average Bonchev–Trinajstić information content (AvgIpc) is 4.01. The minimum atomic E-state index is -1.78. The molecular weight excluding hydrogens is 967 g/mol. The second kappa shape index (κ2) is 29.5. The zero-order chi connectivity index (χ0) is 55.4. The van der Waals surface area contributed by atoms with Crippen molar-refractivity contribution >= 4 is 76.4 Å². The van der Waals surface area contributed by atoms with Gasteiger partial charge in [0, 0.05) is 36.6 Å². The van der Waals surface area contributed by atoms with Gasteiger partial charge in [0.1, 0.15) is 48.6 Å². The lowest BCUT2D eigenvalue weighted by atomic mass is 9.99. The lowest BCUT2D eigenvalue weighted by molar-refractivity contribution is -0.143. The molecule has 17 N–H and O–H groups in total. The Balaban J connectivity index is 1.76. The standard InChI is InChI=1S/C48H75N13O13/c1-7-25(4)38(49)45(72)59-35(23-63)47(74)61-17-11-15-36(61)44(71)56-32(14-10-16-52-48(50)51)41(68)60-39(27(6)64)46(73)58-33(18-24(2)3)43(70)57-34(20-37(65)66)42(69)54-26(5)40(67)55-29(22-62)19-28-21-53-31-13-9-8-12-30(28)31/h8-9,12-13,21-22,24-27,29,32-36,38-39,53,63-64H,7,10-11,14-20,23,49H2,1-6H3,(H,54,69)(H,55,67)(H,56,71)(H,57,70)(H,58,73)(H,59,72)(H,60,68)(H,65,66)(H4,50,51,52)/t25-,26-,27+,29-,32-,33-,34-,35-,36-,38-,39-/m0/s1. The molecule has 3 rings (SSSR count). The van der Waals surface area contributed by atoms with Crippen molar-refractivity contribution in [2.75, 3.05) is 19.7 Å². The molecule has 2 aromatic rings. The summed E-state index contributed by atoms with van der Waals surface area (Å²) in [7, 11) is 0. The highest BCUT2D eigenvalue weighted by molar-refractivity contribution is 5.99. The summed E-state index contributed by atoms with van der Waals surface area (Å²) in [5.74, 6) is -9.45. The van der Waals surface area contributed by atoms with Gasteiger partial charge in [0.25, 0.3) is 0 Å². The number of aldehydes is 1. The number of carbonyl (C=O) groups excluding carboxylic acids is 9. The third-order valence-corrected chi connectivity index (χ3v) is 12.5. The number of para-hydroxylation sites is 1. The van der Waals surface area contributed by atoms with Crippen LogP contribution in [0.25, 0.3) is 10.9 Å². The summed E-state index contributed by atoms with van der Waals surface area (Å²) in [4.78, 5) is 141. The number of hydrogen-bond acceptors (Lipinski definition) is 14. The van der Waals surface area contributed by atoms with Gasteiger partial charge in [0.15, 0.2) is 5.96 Å². The Morgan fingerprint density at radius 3 is 2.07 bits per heavy atom. The lowest BCUT2D eigenvalue weighted by Crippen LogP contribution is -2.62. The van der Waals surface area contributed by atoms with Crippen molar-refractivity contribution in [2.24, 2.45) is 34.0 Å². The molecule has 26 heteroatoms. The number of amides is 8. The summed E-state index contributed by atoms with van der Waals surface area (Å²) in [6, 6.07) is -4.99. The zero-order valence-electron chi connectivity index (χ0n) is 42.7. The number of nitrogens with one attached hydrogen (secondary N) is 8. The first-order valence-corrected chi connectivity index (χ1v) is 24.7.